The lowest BCUT2D eigenvalue weighted by Gasteiger charge is -2.37. The highest BCUT2D eigenvalue weighted by molar-refractivity contribution is 5.99. The van der Waals surface area contributed by atoms with Gasteiger partial charge >= 0.3 is 0 Å². The highest BCUT2D eigenvalue weighted by Crippen LogP contribution is 2.24. The molecule has 0 aliphatic carbocycles. The molecule has 0 spiro atoms. The molecule has 2 heterocycles. The molecule has 1 aromatic heterocycles. The summed E-state index contributed by atoms with van der Waals surface area (Å²) in [6.07, 6.45) is 2.12. The van der Waals surface area contributed by atoms with E-state index in [1.54, 1.807) is 0 Å². The fourth-order valence-corrected chi connectivity index (χ4v) is 4.30. The number of carbonyl (C=O) groups is 1. The fourth-order valence-electron chi connectivity index (χ4n) is 4.30. The molecule has 0 bridgehead atoms. The Hall–Kier alpha value is -1.65. The van der Waals surface area contributed by atoms with E-state index in [0.717, 1.165) is 61.2 Å². The lowest BCUT2D eigenvalue weighted by molar-refractivity contribution is 0.0630. The quantitative estimate of drug-likeness (QED) is 0.770. The van der Waals surface area contributed by atoms with Crippen LogP contribution < -0.4 is 0 Å². The first-order valence-corrected chi connectivity index (χ1v) is 9.86. The van der Waals surface area contributed by atoms with Crippen LogP contribution in [0.3, 0.4) is 0 Å². The Morgan fingerprint density at radius 1 is 1.11 bits per heavy atom. The Labute approximate surface area is 169 Å². The smallest absolute Gasteiger partial charge is 0.255 e. The highest BCUT2D eigenvalue weighted by Gasteiger charge is 2.27. The molecule has 1 aromatic carbocycles. The van der Waals surface area contributed by atoms with Crippen molar-refractivity contribution in [2.75, 3.05) is 26.2 Å². The number of hydrogen-bond donors (Lipinski definition) is 0. The van der Waals surface area contributed by atoms with Crippen LogP contribution in [0.2, 0.25) is 0 Å². The lowest BCUT2D eigenvalue weighted by atomic mass is 10.0. The fraction of sp³-hybridized carbons (Fsp3) is 0.545. The van der Waals surface area contributed by atoms with Gasteiger partial charge in [-0.2, -0.15) is 0 Å². The van der Waals surface area contributed by atoms with Gasteiger partial charge in [-0.15, -0.1) is 12.4 Å². The molecule has 0 saturated carbocycles. The SMILES string of the molecule is CCN(CC)C1CCN(C(=O)c2cc3cc(C)cc(C)c3nc2C)CC1.Cl. The van der Waals surface area contributed by atoms with Gasteiger partial charge in [0.2, 0.25) is 0 Å². The van der Waals surface area contributed by atoms with Gasteiger partial charge < -0.3 is 9.80 Å². The van der Waals surface area contributed by atoms with E-state index in [2.05, 4.69) is 44.7 Å². The molecule has 1 fully saturated rings. The van der Waals surface area contributed by atoms with E-state index >= 15 is 0 Å². The van der Waals surface area contributed by atoms with Crippen LogP contribution in [-0.2, 0) is 0 Å². The maximum absolute atomic E-state index is 13.1. The third-order valence-electron chi connectivity index (χ3n) is 5.75. The highest BCUT2D eigenvalue weighted by atomic mass is 35.5. The summed E-state index contributed by atoms with van der Waals surface area (Å²) in [5, 5.41) is 1.06. The number of aromatic nitrogens is 1. The number of rotatable bonds is 4. The first-order valence-electron chi connectivity index (χ1n) is 9.86. The van der Waals surface area contributed by atoms with Gasteiger partial charge in [0.15, 0.2) is 0 Å². The minimum absolute atomic E-state index is 0. The normalized spacial score (nSPS) is 15.3. The molecule has 1 aliphatic heterocycles. The largest absolute Gasteiger partial charge is 0.338 e. The summed E-state index contributed by atoms with van der Waals surface area (Å²) in [6, 6.07) is 6.92. The van der Waals surface area contributed by atoms with Gasteiger partial charge in [-0.05, 0) is 64.4 Å². The number of amides is 1. The second kappa shape index (κ2) is 9.03. The molecule has 4 nitrogen and oxygen atoms in total. The van der Waals surface area contributed by atoms with Crippen molar-refractivity contribution in [3.63, 3.8) is 0 Å². The first-order chi connectivity index (χ1) is 12.4. The van der Waals surface area contributed by atoms with Crippen LogP contribution in [0, 0.1) is 20.8 Å². The standard InChI is InChI=1S/C22H31N3O.ClH/c1-6-24(7-2)19-8-10-25(11-9-19)22(26)20-14-18-13-15(3)12-16(4)21(18)23-17(20)5;/h12-14,19H,6-11H2,1-5H3;1H. The zero-order valence-corrected chi connectivity index (χ0v) is 18.0. The topological polar surface area (TPSA) is 36.4 Å². The van der Waals surface area contributed by atoms with Gasteiger partial charge in [-0.3, -0.25) is 9.78 Å². The van der Waals surface area contributed by atoms with E-state index in [4.69, 9.17) is 4.98 Å². The average molecular weight is 390 g/mol. The average Bonchev–Trinajstić information content (AvgIpc) is 2.63. The molecule has 0 atom stereocenters. The van der Waals surface area contributed by atoms with Crippen LogP contribution in [0.5, 0.6) is 0 Å². The number of aryl methyl sites for hydroxylation is 3. The molecule has 27 heavy (non-hydrogen) atoms. The summed E-state index contributed by atoms with van der Waals surface area (Å²) < 4.78 is 0. The van der Waals surface area contributed by atoms with Gasteiger partial charge in [0.05, 0.1) is 16.8 Å². The molecule has 5 heteroatoms. The lowest BCUT2D eigenvalue weighted by Crippen LogP contribution is -2.46. The molecular formula is C22H32ClN3O. The van der Waals surface area contributed by atoms with E-state index in [0.29, 0.717) is 6.04 Å². The zero-order chi connectivity index (χ0) is 18.8. The number of halogens is 1. The number of fused-ring (bicyclic) bond motifs is 1. The third-order valence-corrected chi connectivity index (χ3v) is 5.75. The molecule has 0 radical (unpaired) electrons. The monoisotopic (exact) mass is 389 g/mol. The maximum Gasteiger partial charge on any atom is 0.255 e. The Morgan fingerprint density at radius 3 is 2.33 bits per heavy atom. The van der Waals surface area contributed by atoms with Crippen molar-refractivity contribution in [2.24, 2.45) is 0 Å². The summed E-state index contributed by atoms with van der Waals surface area (Å²) in [7, 11) is 0. The number of nitrogens with zero attached hydrogens (tertiary/aromatic N) is 3. The Morgan fingerprint density at radius 2 is 1.74 bits per heavy atom. The van der Waals surface area contributed by atoms with Crippen LogP contribution >= 0.6 is 12.4 Å². The van der Waals surface area contributed by atoms with Crippen LogP contribution in [-0.4, -0.2) is 52.9 Å². The summed E-state index contributed by atoms with van der Waals surface area (Å²) >= 11 is 0. The van der Waals surface area contributed by atoms with E-state index < -0.39 is 0 Å². The second-order valence-electron chi connectivity index (χ2n) is 7.52. The molecule has 2 aromatic rings. The van der Waals surface area contributed by atoms with Crippen molar-refractivity contribution in [3.05, 3.63) is 40.6 Å². The second-order valence-corrected chi connectivity index (χ2v) is 7.52. The molecule has 1 saturated heterocycles. The molecule has 0 N–H and O–H groups in total. The number of likely N-dealkylation sites (tertiary alicyclic amines) is 1. The van der Waals surface area contributed by atoms with Gasteiger partial charge in [0.1, 0.15) is 0 Å². The van der Waals surface area contributed by atoms with E-state index in [1.807, 2.05) is 17.9 Å². The molecule has 1 aliphatic rings. The predicted octanol–water partition coefficient (Wildman–Crippen LogP) is 4.53. The Balaban J connectivity index is 0.00000261. The van der Waals surface area contributed by atoms with Gasteiger partial charge in [0, 0.05) is 24.5 Å². The molecular weight excluding hydrogens is 358 g/mol. The first kappa shape index (κ1) is 21.6. The summed E-state index contributed by atoms with van der Waals surface area (Å²) in [5.74, 6) is 0.133. The van der Waals surface area contributed by atoms with Crippen molar-refractivity contribution in [1.29, 1.82) is 0 Å². The summed E-state index contributed by atoms with van der Waals surface area (Å²) in [6.45, 7) is 14.4. The van der Waals surface area contributed by atoms with Crippen molar-refractivity contribution in [3.8, 4) is 0 Å². The predicted molar refractivity (Wildman–Crippen MR) is 115 cm³/mol. The number of hydrogen-bond acceptors (Lipinski definition) is 3. The van der Waals surface area contributed by atoms with Crippen molar-refractivity contribution >= 4 is 29.2 Å². The van der Waals surface area contributed by atoms with Crippen LogP contribution in [0.25, 0.3) is 10.9 Å². The maximum atomic E-state index is 13.1. The number of piperidine rings is 1. The third kappa shape index (κ3) is 4.44. The van der Waals surface area contributed by atoms with Crippen LogP contribution in [0.1, 0.15) is 53.9 Å². The van der Waals surface area contributed by atoms with Crippen molar-refractivity contribution in [1.82, 2.24) is 14.8 Å². The van der Waals surface area contributed by atoms with Crippen LogP contribution in [0.15, 0.2) is 18.2 Å². The molecule has 3 rings (SSSR count). The van der Waals surface area contributed by atoms with E-state index in [1.165, 1.54) is 11.1 Å². The van der Waals surface area contributed by atoms with Gasteiger partial charge in [-0.1, -0.05) is 25.5 Å². The molecule has 0 unspecified atom stereocenters. The number of pyridine rings is 1. The van der Waals surface area contributed by atoms with Crippen molar-refractivity contribution in [2.45, 2.75) is 53.5 Å². The van der Waals surface area contributed by atoms with Crippen molar-refractivity contribution < 1.29 is 4.79 Å². The summed E-state index contributed by atoms with van der Waals surface area (Å²) in [4.78, 5) is 22.4. The zero-order valence-electron chi connectivity index (χ0n) is 17.2. The van der Waals surface area contributed by atoms with Gasteiger partial charge in [-0.25, -0.2) is 0 Å². The Kier molecular flexibility index (Phi) is 7.24. The van der Waals surface area contributed by atoms with Crippen LogP contribution in [0.4, 0.5) is 0 Å². The number of benzene rings is 1. The minimum atomic E-state index is 0. The summed E-state index contributed by atoms with van der Waals surface area (Å²) in [5.41, 5.74) is 4.97. The minimum Gasteiger partial charge on any atom is -0.338 e. The molecule has 148 valence electrons. The van der Waals surface area contributed by atoms with E-state index in [9.17, 15) is 4.79 Å². The Bertz CT molecular complexity index is 809. The number of carbonyl (C=O) groups excluding carboxylic acids is 1. The van der Waals surface area contributed by atoms with E-state index in [-0.39, 0.29) is 18.3 Å². The molecule has 1 amide bonds. The van der Waals surface area contributed by atoms with Gasteiger partial charge in [0.25, 0.3) is 5.91 Å².